The molecule has 2 aromatic carbocycles. The maximum absolute atomic E-state index is 12.4. The first-order chi connectivity index (χ1) is 13.0. The Hall–Kier alpha value is -2.63. The predicted octanol–water partition coefficient (Wildman–Crippen LogP) is 4.58. The highest BCUT2D eigenvalue weighted by Crippen LogP contribution is 2.23. The van der Waals surface area contributed by atoms with Crippen LogP contribution < -0.4 is 5.32 Å². The first kappa shape index (κ1) is 19.1. The van der Waals surface area contributed by atoms with Crippen molar-refractivity contribution in [2.24, 2.45) is 0 Å². The number of carbonyl (C=O) groups excluding carboxylic acids is 2. The van der Waals surface area contributed by atoms with Crippen molar-refractivity contribution in [3.05, 3.63) is 75.9 Å². The lowest BCUT2D eigenvalue weighted by Gasteiger charge is -2.15. The van der Waals surface area contributed by atoms with Crippen LogP contribution in [0.25, 0.3) is 10.9 Å². The highest BCUT2D eigenvalue weighted by atomic mass is 35.5. The fraction of sp³-hybridized carbons (Fsp3) is 0.150. The minimum Gasteiger partial charge on any atom is -0.452 e. The number of rotatable bonds is 5. The molecule has 5 nitrogen and oxygen atoms in total. The van der Waals surface area contributed by atoms with Gasteiger partial charge in [-0.2, -0.15) is 0 Å². The number of hydrogen-bond acceptors (Lipinski definition) is 4. The number of nitrogens with zero attached hydrogens (tertiary/aromatic N) is 1. The molecule has 1 amide bonds. The molecule has 0 fully saturated rings. The Morgan fingerprint density at radius 2 is 1.81 bits per heavy atom. The summed E-state index contributed by atoms with van der Waals surface area (Å²) in [5, 5.41) is 4.10. The average Bonchev–Trinajstić information content (AvgIpc) is 2.65. The van der Waals surface area contributed by atoms with Crippen LogP contribution in [0.5, 0.6) is 0 Å². The van der Waals surface area contributed by atoms with Crippen molar-refractivity contribution in [2.45, 2.75) is 13.0 Å². The van der Waals surface area contributed by atoms with Crippen molar-refractivity contribution in [3.63, 3.8) is 0 Å². The molecule has 7 heteroatoms. The van der Waals surface area contributed by atoms with E-state index in [9.17, 15) is 9.59 Å². The average molecular weight is 403 g/mol. The number of carbonyl (C=O) groups is 2. The summed E-state index contributed by atoms with van der Waals surface area (Å²) in [6.07, 6.45) is 0. The van der Waals surface area contributed by atoms with Gasteiger partial charge in [0, 0.05) is 10.4 Å². The number of ether oxygens (including phenoxy) is 1. The molecule has 0 saturated carbocycles. The Bertz CT molecular complexity index is 1010. The molecular formula is C20H16Cl2N2O3. The first-order valence-corrected chi connectivity index (χ1v) is 8.97. The van der Waals surface area contributed by atoms with Crippen LogP contribution in [0.1, 0.15) is 28.9 Å². The summed E-state index contributed by atoms with van der Waals surface area (Å²) in [7, 11) is 0. The largest absolute Gasteiger partial charge is 0.452 e. The fourth-order valence-corrected chi connectivity index (χ4v) is 3.21. The van der Waals surface area contributed by atoms with Crippen LogP contribution in [0, 0.1) is 0 Å². The van der Waals surface area contributed by atoms with Gasteiger partial charge >= 0.3 is 5.97 Å². The number of para-hydroxylation sites is 1. The van der Waals surface area contributed by atoms with Crippen molar-refractivity contribution < 1.29 is 14.3 Å². The summed E-state index contributed by atoms with van der Waals surface area (Å²) in [5.41, 5.74) is 1.62. The lowest BCUT2D eigenvalue weighted by Crippen LogP contribution is -2.31. The third kappa shape index (κ3) is 4.56. The summed E-state index contributed by atoms with van der Waals surface area (Å²) >= 11 is 12.1. The molecule has 27 heavy (non-hydrogen) atoms. The molecule has 0 spiro atoms. The van der Waals surface area contributed by atoms with Gasteiger partial charge in [-0.25, -0.2) is 9.78 Å². The van der Waals surface area contributed by atoms with Crippen LogP contribution in [0.15, 0.2) is 54.6 Å². The molecule has 1 aromatic heterocycles. The van der Waals surface area contributed by atoms with E-state index in [0.717, 1.165) is 5.56 Å². The maximum Gasteiger partial charge on any atom is 0.339 e. The highest BCUT2D eigenvalue weighted by Gasteiger charge is 2.17. The van der Waals surface area contributed by atoms with Gasteiger partial charge in [-0.05, 0) is 30.7 Å². The molecule has 1 atom stereocenters. The van der Waals surface area contributed by atoms with Crippen molar-refractivity contribution in [2.75, 3.05) is 6.61 Å². The van der Waals surface area contributed by atoms with E-state index in [2.05, 4.69) is 10.3 Å². The minimum absolute atomic E-state index is 0.178. The number of fused-ring (bicyclic) bond motifs is 1. The SMILES string of the molecule is C[C@@H](NC(=O)COC(=O)c1cc(Cl)nc2ccccc12)c1ccccc1Cl. The van der Waals surface area contributed by atoms with Gasteiger partial charge in [0.2, 0.25) is 0 Å². The molecule has 0 aliphatic rings. The Kier molecular flexibility index (Phi) is 5.94. The van der Waals surface area contributed by atoms with Crippen molar-refractivity contribution in [1.29, 1.82) is 0 Å². The van der Waals surface area contributed by atoms with Crippen LogP contribution in [0.4, 0.5) is 0 Å². The van der Waals surface area contributed by atoms with Crippen LogP contribution in [-0.4, -0.2) is 23.5 Å². The monoisotopic (exact) mass is 402 g/mol. The van der Waals surface area contributed by atoms with Crippen molar-refractivity contribution in [1.82, 2.24) is 10.3 Å². The van der Waals surface area contributed by atoms with E-state index in [0.29, 0.717) is 15.9 Å². The third-order valence-electron chi connectivity index (χ3n) is 3.99. The van der Waals surface area contributed by atoms with Gasteiger partial charge in [0.25, 0.3) is 5.91 Å². The lowest BCUT2D eigenvalue weighted by molar-refractivity contribution is -0.124. The van der Waals surface area contributed by atoms with E-state index in [-0.39, 0.29) is 16.8 Å². The van der Waals surface area contributed by atoms with Gasteiger partial charge in [0.05, 0.1) is 17.1 Å². The molecule has 138 valence electrons. The van der Waals surface area contributed by atoms with Crippen molar-refractivity contribution >= 4 is 46.0 Å². The zero-order valence-electron chi connectivity index (χ0n) is 14.4. The van der Waals surface area contributed by atoms with E-state index in [1.807, 2.05) is 18.2 Å². The number of benzene rings is 2. The summed E-state index contributed by atoms with van der Waals surface area (Å²) in [6.45, 7) is 1.39. The molecule has 3 aromatic rings. The molecule has 0 saturated heterocycles. The van der Waals surface area contributed by atoms with Gasteiger partial charge in [-0.15, -0.1) is 0 Å². The topological polar surface area (TPSA) is 68.3 Å². The lowest BCUT2D eigenvalue weighted by atomic mass is 10.1. The maximum atomic E-state index is 12.4. The molecule has 1 N–H and O–H groups in total. The van der Waals surface area contributed by atoms with E-state index < -0.39 is 18.5 Å². The van der Waals surface area contributed by atoms with Crippen LogP contribution in [0.2, 0.25) is 10.2 Å². The number of hydrogen-bond donors (Lipinski definition) is 1. The third-order valence-corrected chi connectivity index (χ3v) is 4.53. The minimum atomic E-state index is -0.643. The van der Waals surface area contributed by atoms with E-state index in [4.69, 9.17) is 27.9 Å². The first-order valence-electron chi connectivity index (χ1n) is 8.22. The molecule has 1 heterocycles. The normalized spacial score (nSPS) is 11.8. The molecule has 0 radical (unpaired) electrons. The van der Waals surface area contributed by atoms with Gasteiger partial charge in [-0.3, -0.25) is 4.79 Å². The van der Waals surface area contributed by atoms with E-state index >= 15 is 0 Å². The second kappa shape index (κ2) is 8.37. The second-order valence-electron chi connectivity index (χ2n) is 5.90. The van der Waals surface area contributed by atoms with Crippen LogP contribution in [-0.2, 0) is 9.53 Å². The van der Waals surface area contributed by atoms with E-state index in [1.54, 1.807) is 37.3 Å². The van der Waals surface area contributed by atoms with Gasteiger partial charge in [-0.1, -0.05) is 59.6 Å². The number of halogens is 2. The Morgan fingerprint density at radius 1 is 1.11 bits per heavy atom. The number of nitrogens with one attached hydrogen (secondary N) is 1. The second-order valence-corrected chi connectivity index (χ2v) is 6.69. The van der Waals surface area contributed by atoms with E-state index in [1.165, 1.54) is 6.07 Å². The summed E-state index contributed by atoms with van der Waals surface area (Å²) in [5.74, 6) is -1.07. The molecule has 0 aliphatic carbocycles. The van der Waals surface area contributed by atoms with Gasteiger partial charge in [0.1, 0.15) is 5.15 Å². The number of esters is 1. The molecule has 0 aliphatic heterocycles. The van der Waals surface area contributed by atoms with Crippen molar-refractivity contribution in [3.8, 4) is 0 Å². The van der Waals surface area contributed by atoms with Crippen LogP contribution >= 0.6 is 23.2 Å². The molecule has 0 bridgehead atoms. The Labute approximate surface area is 166 Å². The smallest absolute Gasteiger partial charge is 0.339 e. The molecule has 3 rings (SSSR count). The zero-order valence-corrected chi connectivity index (χ0v) is 15.9. The summed E-state index contributed by atoms with van der Waals surface area (Å²) in [4.78, 5) is 28.7. The number of pyridine rings is 1. The quantitative estimate of drug-likeness (QED) is 0.500. The standard InChI is InChI=1S/C20H16Cl2N2O3/c1-12(13-6-2-4-8-16(13)21)23-19(25)11-27-20(26)15-10-18(22)24-17-9-5-3-7-14(15)17/h2-10,12H,11H2,1H3,(H,23,25)/t12-/m1/s1. The zero-order chi connectivity index (χ0) is 19.4. The summed E-state index contributed by atoms with van der Waals surface area (Å²) < 4.78 is 5.15. The molecular weight excluding hydrogens is 387 g/mol. The van der Waals surface area contributed by atoms with Crippen LogP contribution in [0.3, 0.4) is 0 Å². The number of amides is 1. The fourth-order valence-electron chi connectivity index (χ4n) is 2.71. The Balaban J connectivity index is 1.66. The highest BCUT2D eigenvalue weighted by molar-refractivity contribution is 6.31. The Morgan fingerprint density at radius 3 is 2.59 bits per heavy atom. The predicted molar refractivity (Wildman–Crippen MR) is 105 cm³/mol. The van der Waals surface area contributed by atoms with Gasteiger partial charge < -0.3 is 10.1 Å². The number of aromatic nitrogens is 1. The summed E-state index contributed by atoms with van der Waals surface area (Å²) in [6, 6.07) is 15.4. The molecule has 0 unspecified atom stereocenters. The van der Waals surface area contributed by atoms with Gasteiger partial charge in [0.15, 0.2) is 6.61 Å².